The van der Waals surface area contributed by atoms with Gasteiger partial charge < -0.3 is 15.0 Å². The van der Waals surface area contributed by atoms with Crippen molar-refractivity contribution in [3.8, 4) is 5.75 Å². The van der Waals surface area contributed by atoms with Crippen molar-refractivity contribution in [2.24, 2.45) is 0 Å². The van der Waals surface area contributed by atoms with Gasteiger partial charge in [-0.2, -0.15) is 0 Å². The zero-order valence-corrected chi connectivity index (χ0v) is 18.5. The minimum atomic E-state index is -0.595. The number of hydrogen-bond acceptors (Lipinski definition) is 3. The van der Waals surface area contributed by atoms with Crippen LogP contribution in [0.5, 0.6) is 5.75 Å². The fraction of sp³-hybridized carbons (Fsp3) is 0.296. The van der Waals surface area contributed by atoms with Crippen LogP contribution in [0.4, 0.5) is 5.69 Å². The molecule has 3 aromatic carbocycles. The molecule has 0 saturated carbocycles. The maximum Gasteiger partial charge on any atom is 0.258 e. The summed E-state index contributed by atoms with van der Waals surface area (Å²) in [6.07, 6.45) is 1.62. The molecule has 1 aliphatic rings. The van der Waals surface area contributed by atoms with Crippen LogP contribution >= 0.6 is 0 Å². The van der Waals surface area contributed by atoms with Crippen molar-refractivity contribution in [1.29, 1.82) is 0 Å². The summed E-state index contributed by atoms with van der Waals surface area (Å²) in [4.78, 5) is 15.4. The Morgan fingerprint density at radius 3 is 2.29 bits per heavy atom. The van der Waals surface area contributed by atoms with Gasteiger partial charge in [0.15, 0.2) is 0 Å². The summed E-state index contributed by atoms with van der Waals surface area (Å²) >= 11 is 0. The fourth-order valence-electron chi connectivity index (χ4n) is 4.47. The maximum atomic E-state index is 13.4. The molecule has 4 rings (SSSR count). The van der Waals surface area contributed by atoms with Gasteiger partial charge >= 0.3 is 0 Å². The molecular weight excluding hydrogens is 384 g/mol. The molecule has 0 bridgehead atoms. The molecule has 0 radical (unpaired) electrons. The van der Waals surface area contributed by atoms with Gasteiger partial charge in [0.25, 0.3) is 5.91 Å². The maximum absolute atomic E-state index is 13.4. The van der Waals surface area contributed by atoms with Crippen molar-refractivity contribution >= 4 is 11.6 Å². The summed E-state index contributed by atoms with van der Waals surface area (Å²) in [5.74, 6) is 0.902. The number of hydrogen-bond donors (Lipinski definition) is 1. The second-order valence-corrected chi connectivity index (χ2v) is 8.26. The van der Waals surface area contributed by atoms with E-state index in [9.17, 15) is 4.79 Å². The summed E-state index contributed by atoms with van der Waals surface area (Å²) in [7, 11) is 0. The standard InChI is InChI=1S/C27H30N2O2/c1-4-27(28-25-13-9-8-12-24(25)26(30)29(27)20(2)3)22-14-16-23(17-15-22)31-19-18-21-10-6-5-7-11-21/h5-17,20,28H,4,18-19H2,1-3H3. The minimum Gasteiger partial charge on any atom is -0.493 e. The molecule has 1 aliphatic heterocycles. The number of amides is 1. The highest BCUT2D eigenvalue weighted by atomic mass is 16.5. The van der Waals surface area contributed by atoms with Crippen LogP contribution in [0.2, 0.25) is 0 Å². The number of carbonyl (C=O) groups excluding carboxylic acids is 1. The third kappa shape index (κ3) is 4.02. The Kier molecular flexibility index (Phi) is 5.99. The summed E-state index contributed by atoms with van der Waals surface area (Å²) < 4.78 is 5.97. The lowest BCUT2D eigenvalue weighted by Crippen LogP contribution is -2.59. The van der Waals surface area contributed by atoms with E-state index in [1.54, 1.807) is 0 Å². The van der Waals surface area contributed by atoms with E-state index in [0.29, 0.717) is 6.61 Å². The highest BCUT2D eigenvalue weighted by Gasteiger charge is 2.45. The lowest BCUT2D eigenvalue weighted by molar-refractivity contribution is 0.0371. The van der Waals surface area contributed by atoms with E-state index in [1.165, 1.54) is 5.56 Å². The van der Waals surface area contributed by atoms with Gasteiger partial charge in [-0.1, -0.05) is 61.5 Å². The topological polar surface area (TPSA) is 41.6 Å². The quantitative estimate of drug-likeness (QED) is 0.527. The van der Waals surface area contributed by atoms with Gasteiger partial charge in [0.05, 0.1) is 12.2 Å². The average Bonchev–Trinajstić information content (AvgIpc) is 2.80. The Bertz CT molecular complexity index is 1030. The molecule has 1 heterocycles. The SMILES string of the molecule is CCC1(c2ccc(OCCc3ccccc3)cc2)Nc2ccccc2C(=O)N1C(C)C. The molecule has 3 aromatic rings. The molecule has 0 saturated heterocycles. The molecule has 0 fully saturated rings. The summed E-state index contributed by atoms with van der Waals surface area (Å²) in [6, 6.07) is 26.3. The number of ether oxygens (including phenoxy) is 1. The fourth-order valence-corrected chi connectivity index (χ4v) is 4.47. The van der Waals surface area contributed by atoms with Crippen LogP contribution < -0.4 is 10.1 Å². The van der Waals surface area contributed by atoms with E-state index in [2.05, 4.69) is 50.4 Å². The molecule has 1 N–H and O–H groups in total. The van der Waals surface area contributed by atoms with Crippen LogP contribution in [0.25, 0.3) is 0 Å². The molecule has 1 unspecified atom stereocenters. The third-order valence-corrected chi connectivity index (χ3v) is 5.99. The van der Waals surface area contributed by atoms with E-state index in [4.69, 9.17) is 4.74 Å². The number of anilines is 1. The smallest absolute Gasteiger partial charge is 0.258 e. The molecule has 31 heavy (non-hydrogen) atoms. The minimum absolute atomic E-state index is 0.0510. The largest absolute Gasteiger partial charge is 0.493 e. The van der Waals surface area contributed by atoms with Gasteiger partial charge in [-0.25, -0.2) is 0 Å². The van der Waals surface area contributed by atoms with Crippen molar-refractivity contribution in [3.63, 3.8) is 0 Å². The molecular formula is C27H30N2O2. The van der Waals surface area contributed by atoms with E-state index < -0.39 is 5.66 Å². The van der Waals surface area contributed by atoms with Gasteiger partial charge in [0, 0.05) is 18.2 Å². The van der Waals surface area contributed by atoms with E-state index in [0.717, 1.165) is 35.4 Å². The molecule has 0 aliphatic carbocycles. The van der Waals surface area contributed by atoms with Crippen LogP contribution in [0.1, 0.15) is 48.7 Å². The molecule has 4 nitrogen and oxygen atoms in total. The Morgan fingerprint density at radius 2 is 1.61 bits per heavy atom. The highest BCUT2D eigenvalue weighted by molar-refractivity contribution is 6.02. The second kappa shape index (κ2) is 8.84. The predicted molar refractivity (Wildman–Crippen MR) is 125 cm³/mol. The molecule has 0 spiro atoms. The zero-order valence-electron chi connectivity index (χ0n) is 18.5. The molecule has 1 atom stereocenters. The van der Waals surface area contributed by atoms with Gasteiger partial charge in [-0.05, 0) is 55.7 Å². The lowest BCUT2D eigenvalue weighted by Gasteiger charge is -2.50. The van der Waals surface area contributed by atoms with Crippen LogP contribution in [0.15, 0.2) is 78.9 Å². The van der Waals surface area contributed by atoms with Crippen molar-refractivity contribution < 1.29 is 9.53 Å². The Hall–Kier alpha value is -3.27. The van der Waals surface area contributed by atoms with Gasteiger partial charge in [0.2, 0.25) is 0 Å². The number of benzene rings is 3. The van der Waals surface area contributed by atoms with Gasteiger partial charge in [-0.3, -0.25) is 4.79 Å². The number of rotatable bonds is 7. The first-order valence-corrected chi connectivity index (χ1v) is 11.0. The second-order valence-electron chi connectivity index (χ2n) is 8.26. The summed E-state index contributed by atoms with van der Waals surface area (Å²) in [6.45, 7) is 6.89. The first kappa shape index (κ1) is 21.0. The van der Waals surface area contributed by atoms with Crippen molar-refractivity contribution in [1.82, 2.24) is 4.90 Å². The Balaban J connectivity index is 1.58. The first-order valence-electron chi connectivity index (χ1n) is 11.0. The van der Waals surface area contributed by atoms with Crippen LogP contribution in [0.3, 0.4) is 0 Å². The monoisotopic (exact) mass is 414 g/mol. The summed E-state index contributed by atoms with van der Waals surface area (Å²) in [5.41, 5.74) is 3.33. The molecule has 160 valence electrons. The van der Waals surface area contributed by atoms with Crippen LogP contribution in [0, 0.1) is 0 Å². The Morgan fingerprint density at radius 1 is 0.935 bits per heavy atom. The van der Waals surface area contributed by atoms with Gasteiger partial charge in [-0.15, -0.1) is 0 Å². The predicted octanol–water partition coefficient (Wildman–Crippen LogP) is 5.85. The van der Waals surface area contributed by atoms with E-state index >= 15 is 0 Å². The lowest BCUT2D eigenvalue weighted by atomic mass is 9.88. The number of nitrogens with zero attached hydrogens (tertiary/aromatic N) is 1. The van der Waals surface area contributed by atoms with Crippen LogP contribution in [-0.4, -0.2) is 23.5 Å². The number of fused-ring (bicyclic) bond motifs is 1. The van der Waals surface area contributed by atoms with E-state index in [1.807, 2.05) is 59.5 Å². The average molecular weight is 415 g/mol. The van der Waals surface area contributed by atoms with Gasteiger partial charge in [0.1, 0.15) is 11.4 Å². The number of carbonyl (C=O) groups is 1. The highest BCUT2D eigenvalue weighted by Crippen LogP contribution is 2.41. The van der Waals surface area contributed by atoms with Crippen molar-refractivity contribution in [2.45, 2.75) is 45.3 Å². The molecule has 0 aromatic heterocycles. The first-order chi connectivity index (χ1) is 15.0. The normalized spacial score (nSPS) is 17.9. The summed E-state index contributed by atoms with van der Waals surface area (Å²) in [5, 5.41) is 3.69. The molecule has 4 heteroatoms. The van der Waals surface area contributed by atoms with Crippen molar-refractivity contribution in [3.05, 3.63) is 95.6 Å². The zero-order chi connectivity index (χ0) is 21.8. The molecule has 1 amide bonds. The van der Waals surface area contributed by atoms with Crippen LogP contribution in [-0.2, 0) is 12.1 Å². The third-order valence-electron chi connectivity index (χ3n) is 5.99. The van der Waals surface area contributed by atoms with E-state index in [-0.39, 0.29) is 11.9 Å². The number of para-hydroxylation sites is 1. The number of nitrogens with one attached hydrogen (secondary N) is 1. The van der Waals surface area contributed by atoms with Crippen molar-refractivity contribution in [2.75, 3.05) is 11.9 Å². The Labute approximate surface area is 184 Å².